The van der Waals surface area contributed by atoms with Crippen molar-refractivity contribution in [1.82, 2.24) is 14.5 Å². The van der Waals surface area contributed by atoms with Crippen molar-refractivity contribution >= 4 is 22.8 Å². The molecule has 1 aliphatic rings. The molecule has 0 atom stereocenters. The number of hydrogen-bond donors (Lipinski definition) is 1. The van der Waals surface area contributed by atoms with Gasteiger partial charge in [-0.3, -0.25) is 9.69 Å². The molecule has 2 aromatic heterocycles. The number of rotatable bonds is 2. The lowest BCUT2D eigenvalue weighted by atomic mass is 10.2. The molecule has 1 amide bonds. The highest BCUT2D eigenvalue weighted by Crippen LogP contribution is 2.35. The van der Waals surface area contributed by atoms with Crippen molar-refractivity contribution in [3.05, 3.63) is 46.8 Å². The first-order chi connectivity index (χ1) is 12.1. The third kappa shape index (κ3) is 2.25. The Balaban J connectivity index is 1.98. The van der Waals surface area contributed by atoms with Gasteiger partial charge in [0, 0.05) is 12.3 Å². The van der Waals surface area contributed by atoms with Crippen LogP contribution in [0.1, 0.15) is 0 Å². The molecular weight excluding hydrogens is 327 g/mol. The number of nitrogens with one attached hydrogen (secondary N) is 1. The van der Waals surface area contributed by atoms with E-state index in [-0.39, 0.29) is 36.1 Å². The van der Waals surface area contributed by atoms with Crippen molar-refractivity contribution in [2.45, 2.75) is 0 Å². The van der Waals surface area contributed by atoms with E-state index >= 15 is 0 Å². The smallest absolute Gasteiger partial charge is 0.332 e. The fourth-order valence-corrected chi connectivity index (χ4v) is 2.81. The zero-order valence-electron chi connectivity index (χ0n) is 12.8. The van der Waals surface area contributed by atoms with Crippen molar-refractivity contribution in [2.75, 3.05) is 18.1 Å². The van der Waals surface area contributed by atoms with Gasteiger partial charge in [-0.2, -0.15) is 0 Å². The second kappa shape index (κ2) is 5.49. The predicted octanol–water partition coefficient (Wildman–Crippen LogP) is 1.21. The zero-order valence-corrected chi connectivity index (χ0v) is 12.8. The number of aromatic amines is 1. The van der Waals surface area contributed by atoms with Crippen molar-refractivity contribution in [2.24, 2.45) is 0 Å². The summed E-state index contributed by atoms with van der Waals surface area (Å²) in [5.41, 5.74) is 0.464. The summed E-state index contributed by atoms with van der Waals surface area (Å²) < 4.78 is 21.0. The number of fused-ring (bicyclic) bond motifs is 2. The van der Waals surface area contributed by atoms with E-state index in [1.54, 1.807) is 12.1 Å². The molecule has 1 aliphatic heterocycles. The van der Waals surface area contributed by atoms with Crippen molar-refractivity contribution < 1.29 is 13.9 Å². The van der Waals surface area contributed by atoms with Crippen LogP contribution in [0.15, 0.2) is 35.3 Å². The number of aromatic nitrogens is 3. The molecule has 1 aromatic carbocycles. The van der Waals surface area contributed by atoms with Gasteiger partial charge in [0.25, 0.3) is 5.91 Å². The predicted molar refractivity (Wildman–Crippen MR) is 88.3 cm³/mol. The number of imidazole rings is 1. The molecule has 0 radical (unpaired) electrons. The van der Waals surface area contributed by atoms with Gasteiger partial charge >= 0.3 is 5.69 Å². The van der Waals surface area contributed by atoms with E-state index in [2.05, 4.69) is 15.9 Å². The second-order valence-corrected chi connectivity index (χ2v) is 5.38. The number of carbonyl (C=O) groups excluding carboxylic acids is 1. The van der Waals surface area contributed by atoms with Crippen LogP contribution in [0.25, 0.3) is 16.9 Å². The van der Waals surface area contributed by atoms with Crippen LogP contribution in [0.5, 0.6) is 5.75 Å². The molecule has 25 heavy (non-hydrogen) atoms. The molecule has 0 aliphatic carbocycles. The van der Waals surface area contributed by atoms with Gasteiger partial charge in [-0.15, -0.1) is 6.42 Å². The molecule has 0 unspecified atom stereocenters. The number of pyridine rings is 1. The maximum absolute atomic E-state index is 14.6. The monoisotopic (exact) mass is 338 g/mol. The normalized spacial score (nSPS) is 13.4. The molecule has 0 fully saturated rings. The Labute approximate surface area is 140 Å². The summed E-state index contributed by atoms with van der Waals surface area (Å²) in [5.74, 6) is 1.56. The van der Waals surface area contributed by atoms with Gasteiger partial charge in [-0.1, -0.05) is 5.92 Å². The van der Waals surface area contributed by atoms with E-state index in [0.717, 1.165) is 10.6 Å². The lowest BCUT2D eigenvalue weighted by Crippen LogP contribution is -2.39. The number of anilines is 1. The Hall–Kier alpha value is -3.60. The van der Waals surface area contributed by atoms with Gasteiger partial charge in [0.1, 0.15) is 5.75 Å². The standard InChI is InChI=1S/C17H11FN4O3/c1-2-6-21-13-8-12(10(18)7-14(13)25-9-15(21)23)22-16-11(20-17(22)24)4-3-5-19-16/h1,3-5,7-8H,6,9H2,(H,20,24). The summed E-state index contributed by atoms with van der Waals surface area (Å²) in [6.45, 7) is -0.205. The van der Waals surface area contributed by atoms with E-state index < -0.39 is 11.5 Å². The maximum Gasteiger partial charge on any atom is 0.332 e. The molecule has 4 rings (SSSR count). The minimum atomic E-state index is -0.678. The van der Waals surface area contributed by atoms with Gasteiger partial charge in [0.15, 0.2) is 18.1 Å². The number of amides is 1. The number of ether oxygens (including phenoxy) is 1. The van der Waals surface area contributed by atoms with E-state index in [4.69, 9.17) is 11.2 Å². The molecule has 3 aromatic rings. The van der Waals surface area contributed by atoms with Gasteiger partial charge in [-0.25, -0.2) is 18.7 Å². The highest BCUT2D eigenvalue weighted by Gasteiger charge is 2.27. The number of carbonyl (C=O) groups is 1. The summed E-state index contributed by atoms with van der Waals surface area (Å²) in [6, 6.07) is 5.82. The lowest BCUT2D eigenvalue weighted by molar-refractivity contribution is -0.121. The molecule has 0 bridgehead atoms. The summed E-state index contributed by atoms with van der Waals surface area (Å²) >= 11 is 0. The molecular formula is C17H11FN4O3. The van der Waals surface area contributed by atoms with Crippen LogP contribution >= 0.6 is 0 Å². The fraction of sp³-hybridized carbons (Fsp3) is 0.118. The van der Waals surface area contributed by atoms with Gasteiger partial charge in [-0.05, 0) is 18.2 Å². The average Bonchev–Trinajstić information content (AvgIpc) is 2.93. The van der Waals surface area contributed by atoms with Crippen molar-refractivity contribution in [1.29, 1.82) is 0 Å². The second-order valence-electron chi connectivity index (χ2n) is 5.38. The van der Waals surface area contributed by atoms with E-state index in [0.29, 0.717) is 11.2 Å². The number of H-pyrrole nitrogens is 1. The summed E-state index contributed by atoms with van der Waals surface area (Å²) in [6.07, 6.45) is 6.81. The lowest BCUT2D eigenvalue weighted by Gasteiger charge is -2.28. The minimum Gasteiger partial charge on any atom is -0.481 e. The third-order valence-electron chi connectivity index (χ3n) is 3.90. The van der Waals surface area contributed by atoms with Gasteiger partial charge in [0.05, 0.1) is 23.4 Å². The van der Waals surface area contributed by atoms with Crippen LogP contribution in [-0.4, -0.2) is 33.6 Å². The molecule has 124 valence electrons. The van der Waals surface area contributed by atoms with E-state index in [1.807, 2.05) is 0 Å². The van der Waals surface area contributed by atoms with Crippen molar-refractivity contribution in [3.8, 4) is 23.8 Å². The summed E-state index contributed by atoms with van der Waals surface area (Å²) in [5, 5.41) is 0. The zero-order chi connectivity index (χ0) is 17.6. The number of terminal acetylenes is 1. The van der Waals surface area contributed by atoms with E-state index in [1.165, 1.54) is 17.2 Å². The van der Waals surface area contributed by atoms with Crippen LogP contribution in [0.3, 0.4) is 0 Å². The number of hydrogen-bond acceptors (Lipinski definition) is 4. The Morgan fingerprint density at radius 3 is 3.00 bits per heavy atom. The minimum absolute atomic E-state index is 0.0152. The highest BCUT2D eigenvalue weighted by atomic mass is 19.1. The van der Waals surface area contributed by atoms with Crippen molar-refractivity contribution in [3.63, 3.8) is 0 Å². The average molecular weight is 338 g/mol. The Bertz CT molecular complexity index is 1110. The molecule has 0 saturated carbocycles. The molecule has 3 heterocycles. The van der Waals surface area contributed by atoms with E-state index in [9.17, 15) is 14.0 Å². The Kier molecular flexibility index (Phi) is 3.28. The topological polar surface area (TPSA) is 80.2 Å². The maximum atomic E-state index is 14.6. The number of halogens is 1. The van der Waals surface area contributed by atoms with Crippen LogP contribution in [0.2, 0.25) is 0 Å². The molecule has 0 spiro atoms. The largest absolute Gasteiger partial charge is 0.481 e. The molecule has 1 N–H and O–H groups in total. The first kappa shape index (κ1) is 15.0. The quantitative estimate of drug-likeness (QED) is 0.712. The molecule has 7 nitrogen and oxygen atoms in total. The van der Waals surface area contributed by atoms with Crippen LogP contribution in [-0.2, 0) is 4.79 Å². The van der Waals surface area contributed by atoms with Gasteiger partial charge < -0.3 is 9.72 Å². The number of benzene rings is 1. The summed E-state index contributed by atoms with van der Waals surface area (Å²) in [7, 11) is 0. The molecule has 0 saturated heterocycles. The van der Waals surface area contributed by atoms with Crippen LogP contribution in [0.4, 0.5) is 10.1 Å². The van der Waals surface area contributed by atoms with Crippen LogP contribution in [0, 0.1) is 18.2 Å². The number of nitrogens with zero attached hydrogens (tertiary/aromatic N) is 3. The third-order valence-corrected chi connectivity index (χ3v) is 3.90. The SMILES string of the molecule is C#CCN1C(=O)COc2cc(F)c(-n3c(=O)[nH]c4cccnc43)cc21. The summed E-state index contributed by atoms with van der Waals surface area (Å²) in [4.78, 5) is 32.4. The first-order valence-electron chi connectivity index (χ1n) is 7.36. The fourth-order valence-electron chi connectivity index (χ4n) is 2.81. The highest BCUT2D eigenvalue weighted by molar-refractivity contribution is 5.98. The van der Waals surface area contributed by atoms with Crippen LogP contribution < -0.4 is 15.3 Å². The molecule has 8 heteroatoms. The Morgan fingerprint density at radius 2 is 2.20 bits per heavy atom. The Morgan fingerprint density at radius 1 is 1.36 bits per heavy atom. The first-order valence-corrected chi connectivity index (χ1v) is 7.36. The van der Waals surface area contributed by atoms with Gasteiger partial charge in [0.2, 0.25) is 0 Å².